The van der Waals surface area contributed by atoms with Gasteiger partial charge in [-0.1, -0.05) is 13.3 Å². The van der Waals surface area contributed by atoms with E-state index in [0.717, 1.165) is 18.6 Å². The number of nitrogens with two attached hydrogens (primary N) is 1. The first kappa shape index (κ1) is 14.8. The van der Waals surface area contributed by atoms with E-state index < -0.39 is 6.04 Å². The maximum absolute atomic E-state index is 11.8. The monoisotopic (exact) mass is 259 g/mol. The molecule has 0 aliphatic heterocycles. The van der Waals surface area contributed by atoms with Gasteiger partial charge in [0, 0.05) is 0 Å². The first-order chi connectivity index (χ1) is 8.19. The van der Waals surface area contributed by atoms with Gasteiger partial charge in [-0.25, -0.2) is 0 Å². The molecule has 100 valence electrons. The highest BCUT2D eigenvalue weighted by Crippen LogP contribution is 2.29. The van der Waals surface area contributed by atoms with Gasteiger partial charge >= 0.3 is 5.97 Å². The van der Waals surface area contributed by atoms with Crippen LogP contribution in [-0.4, -0.2) is 30.1 Å². The zero-order valence-electron chi connectivity index (χ0n) is 11.0. The molecule has 3 nitrogen and oxygen atoms in total. The highest BCUT2D eigenvalue weighted by atomic mass is 32.2. The average molecular weight is 259 g/mol. The van der Waals surface area contributed by atoms with E-state index in [1.807, 2.05) is 6.26 Å². The summed E-state index contributed by atoms with van der Waals surface area (Å²) in [6.07, 6.45) is 8.59. The van der Waals surface area contributed by atoms with Gasteiger partial charge in [0.15, 0.2) is 0 Å². The van der Waals surface area contributed by atoms with Crippen LogP contribution in [0, 0.1) is 5.92 Å². The van der Waals surface area contributed by atoms with Crippen molar-refractivity contribution >= 4 is 17.7 Å². The molecule has 0 aromatic rings. The van der Waals surface area contributed by atoms with Crippen molar-refractivity contribution in [2.75, 3.05) is 12.0 Å². The standard InChI is InChI=1S/C13H25NO2S/c1-3-10-6-4-5-7-12(10)16-13(15)11(14)8-9-17-2/h10-12H,3-9,14H2,1-2H3/t10?,11-,12?/m0/s1. The summed E-state index contributed by atoms with van der Waals surface area (Å²) in [7, 11) is 0. The van der Waals surface area contributed by atoms with Crippen molar-refractivity contribution in [1.29, 1.82) is 0 Å². The zero-order chi connectivity index (χ0) is 12.7. The van der Waals surface area contributed by atoms with E-state index in [9.17, 15) is 4.79 Å². The first-order valence-corrected chi connectivity index (χ1v) is 8.03. The second-order valence-electron chi connectivity index (χ2n) is 4.82. The van der Waals surface area contributed by atoms with Gasteiger partial charge in [-0.05, 0) is 50.0 Å². The van der Waals surface area contributed by atoms with Crippen molar-refractivity contribution in [3.05, 3.63) is 0 Å². The molecule has 0 aromatic carbocycles. The highest BCUT2D eigenvalue weighted by molar-refractivity contribution is 7.98. The lowest BCUT2D eigenvalue weighted by Gasteiger charge is -2.31. The van der Waals surface area contributed by atoms with Crippen molar-refractivity contribution in [2.45, 2.75) is 57.6 Å². The van der Waals surface area contributed by atoms with Crippen LogP contribution in [-0.2, 0) is 9.53 Å². The quantitative estimate of drug-likeness (QED) is 0.745. The topological polar surface area (TPSA) is 52.3 Å². The normalized spacial score (nSPS) is 26.5. The molecule has 1 aliphatic carbocycles. The molecule has 0 heterocycles. The summed E-state index contributed by atoms with van der Waals surface area (Å²) in [5.41, 5.74) is 5.82. The van der Waals surface area contributed by atoms with E-state index in [-0.39, 0.29) is 12.1 Å². The van der Waals surface area contributed by atoms with Crippen molar-refractivity contribution in [3.8, 4) is 0 Å². The van der Waals surface area contributed by atoms with Crippen LogP contribution in [0.4, 0.5) is 0 Å². The lowest BCUT2D eigenvalue weighted by atomic mass is 9.85. The van der Waals surface area contributed by atoms with Crippen LogP contribution in [0.5, 0.6) is 0 Å². The van der Waals surface area contributed by atoms with Gasteiger partial charge in [-0.15, -0.1) is 0 Å². The van der Waals surface area contributed by atoms with Crippen molar-refractivity contribution in [2.24, 2.45) is 11.7 Å². The number of thioether (sulfide) groups is 1. The SMILES string of the molecule is CCC1CCCCC1OC(=O)[C@@H](N)CCSC. The summed E-state index contributed by atoms with van der Waals surface area (Å²) in [5, 5.41) is 0. The Hall–Kier alpha value is -0.220. The first-order valence-electron chi connectivity index (χ1n) is 6.64. The molecule has 1 fully saturated rings. The van der Waals surface area contributed by atoms with Crippen molar-refractivity contribution in [3.63, 3.8) is 0 Å². The van der Waals surface area contributed by atoms with E-state index in [4.69, 9.17) is 10.5 Å². The minimum Gasteiger partial charge on any atom is -0.461 e. The fourth-order valence-corrected chi connectivity index (χ4v) is 2.88. The van der Waals surface area contributed by atoms with Crippen LogP contribution in [0.15, 0.2) is 0 Å². The molecule has 3 atom stereocenters. The Morgan fingerprint density at radius 3 is 2.82 bits per heavy atom. The number of rotatable bonds is 6. The molecular weight excluding hydrogens is 234 g/mol. The van der Waals surface area contributed by atoms with Crippen LogP contribution in [0.1, 0.15) is 45.4 Å². The Labute approximate surface area is 109 Å². The molecule has 1 saturated carbocycles. The largest absolute Gasteiger partial charge is 0.461 e. The maximum Gasteiger partial charge on any atom is 0.323 e. The summed E-state index contributed by atoms with van der Waals surface area (Å²) in [5.74, 6) is 1.25. The van der Waals surface area contributed by atoms with E-state index in [1.54, 1.807) is 11.8 Å². The lowest BCUT2D eigenvalue weighted by Crippen LogP contribution is -2.38. The molecular formula is C13H25NO2S. The number of hydrogen-bond acceptors (Lipinski definition) is 4. The molecule has 4 heteroatoms. The van der Waals surface area contributed by atoms with Gasteiger partial charge in [0.25, 0.3) is 0 Å². The highest BCUT2D eigenvalue weighted by Gasteiger charge is 2.28. The number of esters is 1. The van der Waals surface area contributed by atoms with Crippen molar-refractivity contribution in [1.82, 2.24) is 0 Å². The summed E-state index contributed by atoms with van der Waals surface area (Å²) >= 11 is 1.71. The fraction of sp³-hybridized carbons (Fsp3) is 0.923. The molecule has 0 bridgehead atoms. The second kappa shape index (κ2) is 7.98. The predicted octanol–water partition coefficient (Wildman–Crippen LogP) is 2.58. The van der Waals surface area contributed by atoms with Crippen LogP contribution in [0.3, 0.4) is 0 Å². The van der Waals surface area contributed by atoms with E-state index >= 15 is 0 Å². The smallest absolute Gasteiger partial charge is 0.323 e. The Bertz CT molecular complexity index is 235. The van der Waals surface area contributed by atoms with Crippen LogP contribution in [0.2, 0.25) is 0 Å². The van der Waals surface area contributed by atoms with E-state index in [0.29, 0.717) is 12.3 Å². The minimum atomic E-state index is -0.443. The summed E-state index contributed by atoms with van der Waals surface area (Å²) in [4.78, 5) is 11.8. The molecule has 2 unspecified atom stereocenters. The number of ether oxygens (including phenoxy) is 1. The molecule has 17 heavy (non-hydrogen) atoms. The number of hydrogen-bond donors (Lipinski definition) is 1. The van der Waals surface area contributed by atoms with E-state index in [2.05, 4.69) is 6.92 Å². The molecule has 0 amide bonds. The molecule has 1 rings (SSSR count). The fourth-order valence-electron chi connectivity index (χ4n) is 2.40. The third-order valence-electron chi connectivity index (χ3n) is 3.57. The zero-order valence-corrected chi connectivity index (χ0v) is 11.8. The third-order valence-corrected chi connectivity index (χ3v) is 4.21. The summed E-state index contributed by atoms with van der Waals surface area (Å²) in [6, 6.07) is -0.443. The lowest BCUT2D eigenvalue weighted by molar-refractivity contribution is -0.155. The second-order valence-corrected chi connectivity index (χ2v) is 5.80. The summed E-state index contributed by atoms with van der Waals surface area (Å²) < 4.78 is 5.58. The third kappa shape index (κ3) is 4.88. The summed E-state index contributed by atoms with van der Waals surface area (Å²) in [6.45, 7) is 2.17. The maximum atomic E-state index is 11.8. The molecule has 0 aromatic heterocycles. The molecule has 0 radical (unpaired) electrons. The Balaban J connectivity index is 2.37. The van der Waals surface area contributed by atoms with Crippen molar-refractivity contribution < 1.29 is 9.53 Å². The van der Waals surface area contributed by atoms with Gasteiger partial charge in [0.2, 0.25) is 0 Å². The predicted molar refractivity (Wildman–Crippen MR) is 73.1 cm³/mol. The van der Waals surface area contributed by atoms with Crippen LogP contribution < -0.4 is 5.73 Å². The van der Waals surface area contributed by atoms with Gasteiger partial charge in [0.05, 0.1) is 0 Å². The van der Waals surface area contributed by atoms with Crippen LogP contribution in [0.25, 0.3) is 0 Å². The molecule has 2 N–H and O–H groups in total. The van der Waals surface area contributed by atoms with Gasteiger partial charge < -0.3 is 10.5 Å². The van der Waals surface area contributed by atoms with Gasteiger partial charge in [0.1, 0.15) is 12.1 Å². The Kier molecular flexibility index (Phi) is 6.97. The minimum absolute atomic E-state index is 0.113. The average Bonchev–Trinajstić information content (AvgIpc) is 2.36. The molecule has 0 spiro atoms. The van der Waals surface area contributed by atoms with Crippen LogP contribution >= 0.6 is 11.8 Å². The van der Waals surface area contributed by atoms with Gasteiger partial charge in [-0.2, -0.15) is 11.8 Å². The number of carbonyl (C=O) groups is 1. The van der Waals surface area contributed by atoms with Gasteiger partial charge in [-0.3, -0.25) is 4.79 Å². The van der Waals surface area contributed by atoms with E-state index in [1.165, 1.54) is 19.3 Å². The molecule has 0 saturated heterocycles. The Morgan fingerprint density at radius 1 is 1.47 bits per heavy atom. The number of carbonyl (C=O) groups excluding carboxylic acids is 1. The Morgan fingerprint density at radius 2 is 2.18 bits per heavy atom. The molecule has 1 aliphatic rings.